The first kappa shape index (κ1) is 15.4. The summed E-state index contributed by atoms with van der Waals surface area (Å²) in [5.41, 5.74) is 0.957. The number of nitrogens with zero attached hydrogens (tertiary/aromatic N) is 3. The van der Waals surface area contributed by atoms with Crippen LogP contribution in [-0.2, 0) is 6.42 Å². The van der Waals surface area contributed by atoms with Crippen LogP contribution >= 0.6 is 12.2 Å². The maximum absolute atomic E-state index is 5.67. The molecular formula is C15H20N4OS. The molecule has 0 unspecified atom stereocenters. The second kappa shape index (κ2) is 7.17. The van der Waals surface area contributed by atoms with Crippen molar-refractivity contribution in [2.24, 2.45) is 5.10 Å². The largest absolute Gasteiger partial charge is 0.491 e. The van der Waals surface area contributed by atoms with E-state index >= 15 is 0 Å². The Hall–Kier alpha value is -1.95. The van der Waals surface area contributed by atoms with Crippen LogP contribution in [0, 0.1) is 4.77 Å². The van der Waals surface area contributed by atoms with E-state index in [-0.39, 0.29) is 6.10 Å². The van der Waals surface area contributed by atoms with Crippen LogP contribution in [-0.4, -0.2) is 27.2 Å². The summed E-state index contributed by atoms with van der Waals surface area (Å²) >= 11 is 5.19. The van der Waals surface area contributed by atoms with E-state index in [0.29, 0.717) is 4.77 Å². The molecule has 1 aromatic carbocycles. The average Bonchev–Trinajstić information content (AvgIpc) is 2.77. The minimum atomic E-state index is 0.149. The molecule has 0 aliphatic carbocycles. The summed E-state index contributed by atoms with van der Waals surface area (Å²) in [6, 6.07) is 7.80. The van der Waals surface area contributed by atoms with Gasteiger partial charge in [-0.3, -0.25) is 5.10 Å². The number of H-pyrrole nitrogens is 1. The molecule has 0 amide bonds. The van der Waals surface area contributed by atoms with Crippen molar-refractivity contribution >= 4 is 18.4 Å². The monoisotopic (exact) mass is 304 g/mol. The molecule has 2 aromatic rings. The van der Waals surface area contributed by atoms with Gasteiger partial charge in [-0.1, -0.05) is 19.1 Å². The molecule has 21 heavy (non-hydrogen) atoms. The fourth-order valence-electron chi connectivity index (χ4n) is 1.89. The van der Waals surface area contributed by atoms with E-state index in [2.05, 4.69) is 22.2 Å². The Morgan fingerprint density at radius 2 is 2.29 bits per heavy atom. The summed E-state index contributed by atoms with van der Waals surface area (Å²) in [6.45, 7) is 6.10. The molecule has 0 aliphatic heterocycles. The predicted octanol–water partition coefficient (Wildman–Crippen LogP) is 3.56. The van der Waals surface area contributed by atoms with E-state index < -0.39 is 0 Å². The first-order valence-corrected chi connectivity index (χ1v) is 7.48. The smallest absolute Gasteiger partial charge is 0.216 e. The van der Waals surface area contributed by atoms with E-state index in [1.165, 1.54) is 0 Å². The number of benzene rings is 1. The fourth-order valence-corrected chi connectivity index (χ4v) is 2.09. The third-order valence-electron chi connectivity index (χ3n) is 2.74. The molecule has 0 fully saturated rings. The van der Waals surface area contributed by atoms with Gasteiger partial charge in [0.25, 0.3) is 0 Å². The van der Waals surface area contributed by atoms with Gasteiger partial charge in [-0.15, -0.1) is 0 Å². The maximum atomic E-state index is 5.67. The number of aryl methyl sites for hydroxylation is 1. The zero-order chi connectivity index (χ0) is 15.2. The van der Waals surface area contributed by atoms with Gasteiger partial charge in [0.05, 0.1) is 12.3 Å². The third-order valence-corrected chi connectivity index (χ3v) is 3.01. The average molecular weight is 304 g/mol. The molecule has 0 radical (unpaired) electrons. The topological polar surface area (TPSA) is 55.2 Å². The third kappa shape index (κ3) is 4.26. The quantitative estimate of drug-likeness (QED) is 0.656. The Kier molecular flexibility index (Phi) is 5.27. The molecule has 1 heterocycles. The van der Waals surface area contributed by atoms with Crippen molar-refractivity contribution in [3.63, 3.8) is 0 Å². The van der Waals surface area contributed by atoms with Crippen LogP contribution in [0.2, 0.25) is 0 Å². The molecule has 5 nitrogen and oxygen atoms in total. The van der Waals surface area contributed by atoms with Gasteiger partial charge >= 0.3 is 0 Å². The van der Waals surface area contributed by atoms with Gasteiger partial charge in [-0.25, -0.2) is 0 Å². The summed E-state index contributed by atoms with van der Waals surface area (Å²) in [5.74, 6) is 1.67. The van der Waals surface area contributed by atoms with Gasteiger partial charge in [0.15, 0.2) is 5.82 Å². The lowest BCUT2D eigenvalue weighted by Gasteiger charge is -2.09. The lowest BCUT2D eigenvalue weighted by Crippen LogP contribution is -2.05. The number of aromatic amines is 1. The van der Waals surface area contributed by atoms with Gasteiger partial charge in [0.2, 0.25) is 4.77 Å². The molecule has 0 bridgehead atoms. The summed E-state index contributed by atoms with van der Waals surface area (Å²) in [7, 11) is 0. The molecule has 6 heteroatoms. The highest BCUT2D eigenvalue weighted by molar-refractivity contribution is 7.71. The van der Waals surface area contributed by atoms with Crippen LogP contribution in [0.3, 0.4) is 0 Å². The summed E-state index contributed by atoms with van der Waals surface area (Å²) in [5, 5.41) is 11.4. The zero-order valence-electron chi connectivity index (χ0n) is 12.5. The van der Waals surface area contributed by atoms with Gasteiger partial charge in [0, 0.05) is 6.42 Å². The van der Waals surface area contributed by atoms with Crippen LogP contribution in [0.25, 0.3) is 0 Å². The van der Waals surface area contributed by atoms with E-state index in [4.69, 9.17) is 17.0 Å². The van der Waals surface area contributed by atoms with Crippen molar-refractivity contribution < 1.29 is 4.74 Å². The first-order valence-electron chi connectivity index (χ1n) is 7.07. The van der Waals surface area contributed by atoms with Crippen molar-refractivity contribution in [1.29, 1.82) is 0 Å². The Labute approximate surface area is 129 Å². The molecule has 1 aromatic heterocycles. The second-order valence-corrected chi connectivity index (χ2v) is 5.38. The highest BCUT2D eigenvalue weighted by atomic mass is 32.1. The minimum absolute atomic E-state index is 0.149. The molecule has 2 rings (SSSR count). The summed E-state index contributed by atoms with van der Waals surface area (Å²) in [4.78, 5) is 0. The predicted molar refractivity (Wildman–Crippen MR) is 86.6 cm³/mol. The van der Waals surface area contributed by atoms with Crippen LogP contribution in [0.5, 0.6) is 5.75 Å². The minimum Gasteiger partial charge on any atom is -0.491 e. The second-order valence-electron chi connectivity index (χ2n) is 4.99. The maximum Gasteiger partial charge on any atom is 0.216 e. The zero-order valence-corrected chi connectivity index (χ0v) is 13.4. The summed E-state index contributed by atoms with van der Waals surface area (Å²) < 4.78 is 7.84. The SMILES string of the molecule is CCCc1n[nH]c(=S)n1/N=C\c1cccc(OC(C)C)c1. The highest BCUT2D eigenvalue weighted by Gasteiger charge is 2.03. The molecule has 0 saturated carbocycles. The number of hydrogen-bond acceptors (Lipinski definition) is 4. The Morgan fingerprint density at radius 3 is 3.00 bits per heavy atom. The van der Waals surface area contributed by atoms with Crippen LogP contribution < -0.4 is 4.74 Å². The highest BCUT2D eigenvalue weighted by Crippen LogP contribution is 2.14. The number of aromatic nitrogens is 3. The molecule has 0 saturated heterocycles. The Bertz CT molecular complexity index is 672. The molecular weight excluding hydrogens is 284 g/mol. The van der Waals surface area contributed by atoms with Crippen molar-refractivity contribution in [2.45, 2.75) is 39.7 Å². The standard InChI is InChI=1S/C15H20N4OS/c1-4-6-14-17-18-15(21)19(14)16-10-12-7-5-8-13(9-12)20-11(2)3/h5,7-11H,4,6H2,1-3H3,(H,18,21)/b16-10-. The van der Waals surface area contributed by atoms with Gasteiger partial charge in [0.1, 0.15) is 5.75 Å². The fraction of sp³-hybridized carbons (Fsp3) is 0.400. The lowest BCUT2D eigenvalue weighted by atomic mass is 10.2. The number of nitrogens with one attached hydrogen (secondary N) is 1. The number of ether oxygens (including phenoxy) is 1. The van der Waals surface area contributed by atoms with Gasteiger partial charge < -0.3 is 4.74 Å². The molecule has 112 valence electrons. The van der Waals surface area contributed by atoms with Crippen LogP contribution in [0.1, 0.15) is 38.6 Å². The van der Waals surface area contributed by atoms with Crippen LogP contribution in [0.15, 0.2) is 29.4 Å². The van der Waals surface area contributed by atoms with E-state index in [1.54, 1.807) is 10.9 Å². The van der Waals surface area contributed by atoms with E-state index in [9.17, 15) is 0 Å². The molecule has 0 aliphatic rings. The summed E-state index contributed by atoms with van der Waals surface area (Å²) in [6.07, 6.45) is 3.74. The number of hydrogen-bond donors (Lipinski definition) is 1. The Morgan fingerprint density at radius 1 is 1.48 bits per heavy atom. The normalized spacial score (nSPS) is 11.4. The van der Waals surface area contributed by atoms with E-state index in [0.717, 1.165) is 30.0 Å². The van der Waals surface area contributed by atoms with E-state index in [1.807, 2.05) is 38.1 Å². The van der Waals surface area contributed by atoms with Gasteiger partial charge in [-0.05, 0) is 50.2 Å². The van der Waals surface area contributed by atoms with Gasteiger partial charge in [-0.2, -0.15) is 14.9 Å². The van der Waals surface area contributed by atoms with Crippen molar-refractivity contribution in [2.75, 3.05) is 0 Å². The molecule has 1 N–H and O–H groups in total. The van der Waals surface area contributed by atoms with Crippen LogP contribution in [0.4, 0.5) is 0 Å². The van der Waals surface area contributed by atoms with Crippen molar-refractivity contribution in [1.82, 2.24) is 14.9 Å². The van der Waals surface area contributed by atoms with Crippen molar-refractivity contribution in [3.8, 4) is 5.75 Å². The molecule has 0 atom stereocenters. The first-order chi connectivity index (χ1) is 10.1. The number of rotatable bonds is 6. The molecule has 0 spiro atoms. The van der Waals surface area contributed by atoms with Crippen molar-refractivity contribution in [3.05, 3.63) is 40.4 Å². The Balaban J connectivity index is 2.21. The lowest BCUT2D eigenvalue weighted by molar-refractivity contribution is 0.242.